The van der Waals surface area contributed by atoms with Crippen molar-refractivity contribution in [1.29, 1.82) is 0 Å². The highest BCUT2D eigenvalue weighted by Crippen LogP contribution is 2.35. The van der Waals surface area contributed by atoms with E-state index in [2.05, 4.69) is 51.0 Å². The lowest BCUT2D eigenvalue weighted by atomic mass is 9.75. The molecule has 1 fully saturated rings. The minimum Gasteiger partial charge on any atom is -0.368 e. The molecular weight excluding hydrogens is 336 g/mol. The Morgan fingerprint density at radius 2 is 2.00 bits per heavy atom. The predicted molar refractivity (Wildman–Crippen MR) is 112 cm³/mol. The Labute approximate surface area is 163 Å². The highest BCUT2D eigenvalue weighted by molar-refractivity contribution is 6.02. The summed E-state index contributed by atoms with van der Waals surface area (Å²) in [6.45, 7) is 11.3. The number of ether oxygens (including phenoxy) is 1. The van der Waals surface area contributed by atoms with Crippen molar-refractivity contribution in [3.05, 3.63) is 30.0 Å². The van der Waals surface area contributed by atoms with E-state index in [1.165, 1.54) is 12.1 Å². The number of H-pyrrole nitrogens is 1. The van der Waals surface area contributed by atoms with E-state index in [9.17, 15) is 4.79 Å². The van der Waals surface area contributed by atoms with Crippen LogP contribution in [0.5, 0.6) is 0 Å². The van der Waals surface area contributed by atoms with E-state index < -0.39 is 0 Å². The summed E-state index contributed by atoms with van der Waals surface area (Å²) in [6, 6.07) is 8.10. The molecule has 0 bridgehead atoms. The molecule has 0 aliphatic heterocycles. The van der Waals surface area contributed by atoms with E-state index in [-0.39, 0.29) is 18.6 Å². The van der Waals surface area contributed by atoms with Crippen molar-refractivity contribution >= 4 is 22.5 Å². The van der Waals surface area contributed by atoms with Gasteiger partial charge < -0.3 is 15.0 Å². The molecule has 4 nitrogen and oxygen atoms in total. The van der Waals surface area contributed by atoms with Crippen LogP contribution in [-0.2, 0) is 9.53 Å². The number of carbonyl (C=O) groups excluding carboxylic acids is 1. The summed E-state index contributed by atoms with van der Waals surface area (Å²) >= 11 is 0. The van der Waals surface area contributed by atoms with Gasteiger partial charge in [0.05, 0.1) is 11.8 Å². The third-order valence-electron chi connectivity index (χ3n) is 5.91. The topological polar surface area (TPSA) is 54.1 Å². The van der Waals surface area contributed by atoms with E-state index in [0.29, 0.717) is 23.7 Å². The number of rotatable bonds is 6. The molecule has 1 aliphatic rings. The van der Waals surface area contributed by atoms with Gasteiger partial charge in [-0.3, -0.25) is 4.79 Å². The van der Waals surface area contributed by atoms with Gasteiger partial charge in [-0.25, -0.2) is 0 Å². The fraction of sp³-hybridized carbons (Fsp3) is 0.609. The first-order valence-corrected chi connectivity index (χ1v) is 10.4. The molecule has 27 heavy (non-hydrogen) atoms. The molecule has 1 amide bonds. The summed E-state index contributed by atoms with van der Waals surface area (Å²) in [5.41, 5.74) is 3.08. The third-order valence-corrected chi connectivity index (χ3v) is 5.91. The Hall–Kier alpha value is -1.81. The van der Waals surface area contributed by atoms with E-state index in [0.717, 1.165) is 29.4 Å². The number of aromatic amines is 1. The van der Waals surface area contributed by atoms with Crippen LogP contribution in [0.25, 0.3) is 10.9 Å². The average Bonchev–Trinajstić information content (AvgIpc) is 3.05. The Balaban J connectivity index is 1.60. The zero-order valence-corrected chi connectivity index (χ0v) is 17.3. The van der Waals surface area contributed by atoms with Crippen LogP contribution in [-0.4, -0.2) is 23.6 Å². The molecule has 1 aromatic carbocycles. The summed E-state index contributed by atoms with van der Waals surface area (Å²) in [7, 11) is 0. The monoisotopic (exact) mass is 370 g/mol. The second-order valence-corrected chi connectivity index (χ2v) is 8.94. The standard InChI is InChI=1S/C23H34N2O2/c1-14(2)17-9-16(5)10-18(11-17)27-13-23(26)25-21-8-6-7-20-19(21)12-22(24-20)15(3)4/h6-8,12,14-18,24H,9-11,13H2,1-5H3,(H,25,26)/t16-,17-,18-/m1/s1. The zero-order valence-electron chi connectivity index (χ0n) is 17.3. The van der Waals surface area contributed by atoms with Gasteiger partial charge >= 0.3 is 0 Å². The highest BCUT2D eigenvalue weighted by Gasteiger charge is 2.29. The molecule has 148 valence electrons. The molecule has 0 unspecified atom stereocenters. The van der Waals surface area contributed by atoms with Gasteiger partial charge in [-0.15, -0.1) is 0 Å². The number of anilines is 1. The van der Waals surface area contributed by atoms with Crippen molar-refractivity contribution in [1.82, 2.24) is 4.98 Å². The minimum atomic E-state index is -0.0749. The maximum absolute atomic E-state index is 12.5. The normalized spacial score (nSPS) is 23.3. The number of hydrogen-bond donors (Lipinski definition) is 2. The molecule has 3 rings (SSSR count). The van der Waals surface area contributed by atoms with Crippen LogP contribution in [0, 0.1) is 17.8 Å². The first kappa shape index (κ1) is 19.9. The van der Waals surface area contributed by atoms with Gasteiger partial charge in [0.1, 0.15) is 6.61 Å². The van der Waals surface area contributed by atoms with Crippen LogP contribution in [0.3, 0.4) is 0 Å². The SMILES string of the molecule is CC(C)c1cc2c(NC(=O)CO[C@@H]3C[C@H](C)C[C@@H](C(C)C)C3)cccc2[nH]1. The number of nitrogens with one attached hydrogen (secondary N) is 2. The van der Waals surface area contributed by atoms with Crippen molar-refractivity contribution in [3.63, 3.8) is 0 Å². The summed E-state index contributed by atoms with van der Waals surface area (Å²) in [6.07, 6.45) is 3.60. The number of benzene rings is 1. The van der Waals surface area contributed by atoms with Crippen molar-refractivity contribution in [2.45, 2.75) is 65.9 Å². The van der Waals surface area contributed by atoms with Crippen LogP contribution >= 0.6 is 0 Å². The largest absolute Gasteiger partial charge is 0.368 e. The van der Waals surface area contributed by atoms with Crippen LogP contribution < -0.4 is 5.32 Å². The fourth-order valence-electron chi connectivity index (χ4n) is 4.25. The van der Waals surface area contributed by atoms with E-state index in [1.807, 2.05) is 18.2 Å². The van der Waals surface area contributed by atoms with Gasteiger partial charge in [0.15, 0.2) is 0 Å². The van der Waals surface area contributed by atoms with Crippen LogP contribution in [0.15, 0.2) is 24.3 Å². The molecule has 0 radical (unpaired) electrons. The van der Waals surface area contributed by atoms with Crippen molar-refractivity contribution in [2.75, 3.05) is 11.9 Å². The first-order chi connectivity index (χ1) is 12.8. The quantitative estimate of drug-likeness (QED) is 0.684. The lowest BCUT2D eigenvalue weighted by Crippen LogP contribution is -2.32. The summed E-state index contributed by atoms with van der Waals surface area (Å²) in [5, 5.41) is 4.09. The van der Waals surface area contributed by atoms with Gasteiger partial charge in [0.25, 0.3) is 0 Å². The second kappa shape index (κ2) is 8.47. The summed E-state index contributed by atoms with van der Waals surface area (Å²) in [4.78, 5) is 15.9. The van der Waals surface area contributed by atoms with E-state index in [4.69, 9.17) is 4.74 Å². The summed E-state index contributed by atoms with van der Waals surface area (Å²) in [5.74, 6) is 2.39. The predicted octanol–water partition coefficient (Wildman–Crippen LogP) is 5.71. The summed E-state index contributed by atoms with van der Waals surface area (Å²) < 4.78 is 6.00. The Kier molecular flexibility index (Phi) is 6.25. The highest BCUT2D eigenvalue weighted by atomic mass is 16.5. The first-order valence-electron chi connectivity index (χ1n) is 10.4. The molecule has 2 N–H and O–H groups in total. The van der Waals surface area contributed by atoms with Crippen LogP contribution in [0.4, 0.5) is 5.69 Å². The molecule has 4 heteroatoms. The van der Waals surface area contributed by atoms with Crippen molar-refractivity contribution in [2.24, 2.45) is 17.8 Å². The van der Waals surface area contributed by atoms with Crippen molar-refractivity contribution in [3.8, 4) is 0 Å². The molecule has 1 aromatic heterocycles. The van der Waals surface area contributed by atoms with Crippen LogP contribution in [0.2, 0.25) is 0 Å². The van der Waals surface area contributed by atoms with Gasteiger partial charge in [-0.1, -0.05) is 40.7 Å². The lowest BCUT2D eigenvalue weighted by Gasteiger charge is -2.35. The Morgan fingerprint density at radius 1 is 1.22 bits per heavy atom. The number of amides is 1. The molecule has 1 heterocycles. The second-order valence-electron chi connectivity index (χ2n) is 8.94. The van der Waals surface area contributed by atoms with Gasteiger partial charge in [-0.05, 0) is 61.1 Å². The van der Waals surface area contributed by atoms with Gasteiger partial charge in [0.2, 0.25) is 5.91 Å². The molecule has 2 aromatic rings. The minimum absolute atomic E-state index is 0.0749. The van der Waals surface area contributed by atoms with Crippen LogP contribution in [0.1, 0.15) is 65.5 Å². The number of carbonyl (C=O) groups is 1. The van der Waals surface area contributed by atoms with E-state index in [1.54, 1.807) is 0 Å². The van der Waals surface area contributed by atoms with Gasteiger partial charge in [0, 0.05) is 16.6 Å². The van der Waals surface area contributed by atoms with Gasteiger partial charge in [-0.2, -0.15) is 0 Å². The molecule has 0 spiro atoms. The maximum atomic E-state index is 12.5. The molecule has 1 saturated carbocycles. The molecule has 3 atom stereocenters. The number of aromatic nitrogens is 1. The number of hydrogen-bond acceptors (Lipinski definition) is 2. The lowest BCUT2D eigenvalue weighted by molar-refractivity contribution is -0.124. The third kappa shape index (κ3) is 4.92. The fourth-order valence-corrected chi connectivity index (χ4v) is 4.25. The molecule has 0 saturated heterocycles. The number of fused-ring (bicyclic) bond motifs is 1. The average molecular weight is 371 g/mol. The van der Waals surface area contributed by atoms with E-state index >= 15 is 0 Å². The smallest absolute Gasteiger partial charge is 0.250 e. The Bertz CT molecular complexity index is 778. The maximum Gasteiger partial charge on any atom is 0.250 e. The molecule has 1 aliphatic carbocycles. The molecular formula is C23H34N2O2. The van der Waals surface area contributed by atoms with Crippen molar-refractivity contribution < 1.29 is 9.53 Å². The Morgan fingerprint density at radius 3 is 2.70 bits per heavy atom. The zero-order chi connectivity index (χ0) is 19.6.